The van der Waals surface area contributed by atoms with E-state index in [4.69, 9.17) is 39.4 Å². The van der Waals surface area contributed by atoms with Crippen LogP contribution in [0.5, 0.6) is 0 Å². The van der Waals surface area contributed by atoms with Crippen LogP contribution in [0.15, 0.2) is 23.8 Å². The highest BCUT2D eigenvalue weighted by atomic mass is 31.2. The van der Waals surface area contributed by atoms with Crippen molar-refractivity contribution < 1.29 is 56.4 Å². The predicted molar refractivity (Wildman–Crippen MR) is 143 cm³/mol. The molecule has 25 heteroatoms. The fourth-order valence-electron chi connectivity index (χ4n) is 4.78. The Morgan fingerprint density at radius 3 is 2.38 bits per heavy atom. The summed E-state index contributed by atoms with van der Waals surface area (Å²) in [6.45, 7) is -1.70. The average Bonchev–Trinajstić information content (AvgIpc) is 3.74. The number of alkyl halides is 2. The maximum absolute atomic E-state index is 15.2. The summed E-state index contributed by atoms with van der Waals surface area (Å²) < 4.78 is 74.9. The van der Waals surface area contributed by atoms with Crippen LogP contribution in [-0.2, 0) is 27.7 Å². The summed E-state index contributed by atoms with van der Waals surface area (Å²) in [6.07, 6.45) is -10.6. The van der Waals surface area contributed by atoms with Gasteiger partial charge in [0.15, 0.2) is 47.4 Å². The van der Waals surface area contributed by atoms with Crippen LogP contribution in [-0.4, -0.2) is 109 Å². The SMILES string of the molecule is Nc1nc2c(ncn2[C@@H]2O[C@H](CO)[C@@H](F)[C@H]2OP(=O)(O)OC[C@H]2O[C@@H](n3cnc4c(N)ncnc43)[C@@H](F)[C@@H]2O)c(=O)[nH]1.O=PO. The maximum atomic E-state index is 15.2. The summed E-state index contributed by atoms with van der Waals surface area (Å²) >= 11 is 0. The molecular formula is C20H24F2N10O11P2. The van der Waals surface area contributed by atoms with Crippen LogP contribution in [0.2, 0.25) is 0 Å². The van der Waals surface area contributed by atoms with Crippen molar-refractivity contribution >= 4 is 50.6 Å². The number of aromatic amines is 1. The van der Waals surface area contributed by atoms with Crippen LogP contribution in [0.4, 0.5) is 20.5 Å². The molecule has 0 spiro atoms. The number of imidazole rings is 2. The molecule has 2 saturated heterocycles. The molecule has 6 heterocycles. The Morgan fingerprint density at radius 1 is 1.04 bits per heavy atom. The van der Waals surface area contributed by atoms with Crippen LogP contribution in [0.3, 0.4) is 0 Å². The van der Waals surface area contributed by atoms with E-state index in [-0.39, 0.29) is 34.1 Å². The van der Waals surface area contributed by atoms with E-state index in [0.29, 0.717) is 0 Å². The van der Waals surface area contributed by atoms with E-state index in [2.05, 4.69) is 29.9 Å². The monoisotopic (exact) mass is 680 g/mol. The largest absolute Gasteiger partial charge is 0.472 e. The Hall–Kier alpha value is -3.63. The number of nitrogen functional groups attached to an aromatic ring is 2. The van der Waals surface area contributed by atoms with Crippen molar-refractivity contribution in [3.8, 4) is 0 Å². The molecule has 9 atom stereocenters. The van der Waals surface area contributed by atoms with E-state index < -0.39 is 84.5 Å². The number of nitrogens with one attached hydrogen (secondary N) is 1. The fraction of sp³-hybridized carbons (Fsp3) is 0.500. The van der Waals surface area contributed by atoms with Gasteiger partial charge in [0, 0.05) is 0 Å². The molecule has 2 fully saturated rings. The zero-order chi connectivity index (χ0) is 32.6. The lowest BCUT2D eigenvalue weighted by molar-refractivity contribution is -0.0600. The van der Waals surface area contributed by atoms with Crippen molar-refractivity contribution in [3.05, 3.63) is 29.3 Å². The number of halogens is 2. The van der Waals surface area contributed by atoms with Crippen molar-refractivity contribution in [1.29, 1.82) is 0 Å². The zero-order valence-electron chi connectivity index (χ0n) is 22.3. The number of aliphatic hydroxyl groups is 2. The summed E-state index contributed by atoms with van der Waals surface area (Å²) in [5.41, 5.74) is 10.6. The number of phosphoric ester groups is 1. The number of fused-ring (bicyclic) bond motifs is 2. The van der Waals surface area contributed by atoms with Crippen LogP contribution in [0, 0.1) is 0 Å². The molecule has 0 aliphatic carbocycles. The lowest BCUT2D eigenvalue weighted by Crippen LogP contribution is -2.33. The third-order valence-corrected chi connectivity index (χ3v) is 7.77. The number of ether oxygens (including phenoxy) is 2. The molecule has 244 valence electrons. The minimum atomic E-state index is -5.18. The Bertz CT molecular complexity index is 1800. The molecule has 0 bridgehead atoms. The van der Waals surface area contributed by atoms with Gasteiger partial charge >= 0.3 is 16.5 Å². The highest BCUT2D eigenvalue weighted by molar-refractivity contribution is 7.47. The van der Waals surface area contributed by atoms with Crippen LogP contribution < -0.4 is 17.0 Å². The van der Waals surface area contributed by atoms with Crippen LogP contribution in [0.25, 0.3) is 22.3 Å². The highest BCUT2D eigenvalue weighted by Gasteiger charge is 2.51. The second-order valence-electron chi connectivity index (χ2n) is 9.47. The number of hydrogen-bond donors (Lipinski definition) is 7. The second kappa shape index (κ2) is 13.0. The highest BCUT2D eigenvalue weighted by Crippen LogP contribution is 2.50. The van der Waals surface area contributed by atoms with Gasteiger partial charge in [-0.1, -0.05) is 0 Å². The first-order chi connectivity index (χ1) is 21.4. The summed E-state index contributed by atoms with van der Waals surface area (Å²) in [5, 5.41) is 20.0. The summed E-state index contributed by atoms with van der Waals surface area (Å²) in [7, 11) is -6.01. The van der Waals surface area contributed by atoms with Gasteiger partial charge in [0.25, 0.3) is 5.56 Å². The Labute approximate surface area is 249 Å². The number of nitrogens with two attached hydrogens (primary N) is 2. The van der Waals surface area contributed by atoms with Gasteiger partial charge in [0.1, 0.15) is 36.3 Å². The smallest absolute Gasteiger partial charge is 0.394 e. The molecule has 21 nitrogen and oxygen atoms in total. The number of anilines is 2. The van der Waals surface area contributed by atoms with Crippen molar-refractivity contribution in [2.24, 2.45) is 0 Å². The molecule has 0 saturated carbocycles. The van der Waals surface area contributed by atoms with Gasteiger partial charge in [-0.3, -0.25) is 28.0 Å². The summed E-state index contributed by atoms with van der Waals surface area (Å²) in [5.74, 6) is -0.264. The Balaban J connectivity index is 0.00000128. The van der Waals surface area contributed by atoms with Crippen LogP contribution >= 0.6 is 16.5 Å². The molecule has 4 aromatic heterocycles. The molecule has 0 radical (unpaired) electrons. The second-order valence-corrected chi connectivity index (χ2v) is 11.0. The Kier molecular flexibility index (Phi) is 9.46. The third kappa shape index (κ3) is 6.27. The van der Waals surface area contributed by atoms with Gasteiger partial charge in [0.05, 0.1) is 25.9 Å². The number of phosphoric acid groups is 1. The first kappa shape index (κ1) is 32.8. The number of hydrogen-bond acceptors (Lipinski definition) is 16. The molecule has 0 aromatic carbocycles. The quantitative estimate of drug-likeness (QED) is 0.106. The van der Waals surface area contributed by atoms with Crippen molar-refractivity contribution in [3.63, 3.8) is 0 Å². The van der Waals surface area contributed by atoms with Gasteiger partial charge < -0.3 is 40.9 Å². The number of aliphatic hydroxyl groups excluding tert-OH is 2. The Morgan fingerprint density at radius 2 is 1.69 bits per heavy atom. The van der Waals surface area contributed by atoms with Crippen molar-refractivity contribution in [1.82, 2.24) is 39.0 Å². The van der Waals surface area contributed by atoms with E-state index >= 15 is 8.78 Å². The van der Waals surface area contributed by atoms with Crippen molar-refractivity contribution in [2.75, 3.05) is 24.7 Å². The molecule has 1 unspecified atom stereocenters. The van der Waals surface area contributed by atoms with E-state index in [1.807, 2.05) is 0 Å². The van der Waals surface area contributed by atoms with Gasteiger partial charge in [-0.15, -0.1) is 0 Å². The van der Waals surface area contributed by atoms with Gasteiger partial charge in [-0.25, -0.2) is 37.8 Å². The molecule has 4 aromatic rings. The average molecular weight is 680 g/mol. The van der Waals surface area contributed by atoms with Gasteiger partial charge in [-0.05, 0) is 0 Å². The first-order valence-electron chi connectivity index (χ1n) is 12.6. The van der Waals surface area contributed by atoms with E-state index in [9.17, 15) is 24.5 Å². The normalized spacial score (nSPS) is 29.6. The summed E-state index contributed by atoms with van der Waals surface area (Å²) in [6, 6.07) is 0. The predicted octanol–water partition coefficient (Wildman–Crippen LogP) is -1.36. The van der Waals surface area contributed by atoms with E-state index in [1.54, 1.807) is 0 Å². The van der Waals surface area contributed by atoms with E-state index in [1.165, 1.54) is 10.9 Å². The number of nitrogens with zero attached hydrogens (tertiary/aromatic N) is 7. The molecule has 6 rings (SSSR count). The molecular weight excluding hydrogens is 656 g/mol. The topological polar surface area (TPSA) is 311 Å². The molecule has 45 heavy (non-hydrogen) atoms. The lowest BCUT2D eigenvalue weighted by Gasteiger charge is -2.24. The minimum absolute atomic E-state index is 0.0319. The van der Waals surface area contributed by atoms with E-state index in [0.717, 1.165) is 17.2 Å². The fourth-order valence-corrected chi connectivity index (χ4v) is 5.71. The number of aromatic nitrogens is 8. The van der Waals surface area contributed by atoms with Crippen molar-refractivity contribution in [2.45, 2.75) is 49.2 Å². The molecule has 2 aliphatic heterocycles. The molecule has 0 amide bonds. The molecule has 9 N–H and O–H groups in total. The van der Waals surface area contributed by atoms with Gasteiger partial charge in [-0.2, -0.15) is 4.98 Å². The van der Waals surface area contributed by atoms with Gasteiger partial charge in [0.2, 0.25) is 5.95 Å². The zero-order valence-corrected chi connectivity index (χ0v) is 24.1. The minimum Gasteiger partial charge on any atom is -0.394 e. The maximum Gasteiger partial charge on any atom is 0.472 e. The molecule has 2 aliphatic rings. The standard InChI is InChI=1S/C20H23F2N10O9P.HO2P/c21-8-6(1-33)39-19(32-5-28-11-16(32)29-20(24)30-17(11)35)13(8)41-42(36,37)38-2-7-12(34)9(22)18(40-7)31-4-27-10-14(23)25-3-26-15(10)31;1-3-2/h3-9,12-13,18-19,33-34H,1-2H2,(H,36,37)(H2,23,25,26)(H3,24,29,30,35);(H,1,2)/t6-,7-,8-,9+,12-,13-,18-,19-;/m1./s1. The number of rotatable bonds is 8. The summed E-state index contributed by atoms with van der Waals surface area (Å²) in [4.78, 5) is 51.4. The third-order valence-electron chi connectivity index (χ3n) is 6.78. The first-order valence-corrected chi connectivity index (χ1v) is 14.8. The lowest BCUT2D eigenvalue weighted by atomic mass is 10.1. The number of H-pyrrole nitrogens is 1. The van der Waals surface area contributed by atoms with Crippen LogP contribution in [0.1, 0.15) is 12.5 Å².